The van der Waals surface area contributed by atoms with Crippen LogP contribution in [0.1, 0.15) is 0 Å². The molecule has 55 heavy (non-hydrogen) atoms. The van der Waals surface area contributed by atoms with Crippen molar-refractivity contribution in [3.63, 3.8) is 0 Å². The highest BCUT2D eigenvalue weighted by Crippen LogP contribution is 2.40. The van der Waals surface area contributed by atoms with Gasteiger partial charge in [-0.15, -0.1) is 11.3 Å². The van der Waals surface area contributed by atoms with E-state index in [1.165, 1.54) is 47.5 Å². The first kappa shape index (κ1) is 30.4. The number of aromatic nitrogens is 4. The summed E-state index contributed by atoms with van der Waals surface area (Å²) < 4.78 is 7.23. The molecule has 4 aromatic heterocycles. The minimum absolute atomic E-state index is 0.651. The molecule has 0 bridgehead atoms. The van der Waals surface area contributed by atoms with Crippen molar-refractivity contribution in [2.75, 3.05) is 0 Å². The van der Waals surface area contributed by atoms with Gasteiger partial charge in [0.25, 0.3) is 0 Å². The Morgan fingerprint density at radius 1 is 0.345 bits per heavy atom. The molecule has 0 atom stereocenters. The first-order chi connectivity index (χ1) is 27.3. The number of hydrogen-bond donors (Lipinski definition) is 0. The topological polar surface area (TPSA) is 35.6 Å². The summed E-state index contributed by atoms with van der Waals surface area (Å²) in [5.74, 6) is 0.651. The van der Waals surface area contributed by atoms with Gasteiger partial charge in [-0.05, 0) is 77.9 Å². The van der Waals surface area contributed by atoms with Crippen molar-refractivity contribution in [1.82, 2.24) is 19.1 Å². The average molecular weight is 719 g/mol. The highest BCUT2D eigenvalue weighted by atomic mass is 32.1. The van der Waals surface area contributed by atoms with E-state index in [1.807, 2.05) is 11.3 Å². The summed E-state index contributed by atoms with van der Waals surface area (Å²) in [6, 6.07) is 65.4. The second kappa shape index (κ2) is 11.7. The lowest BCUT2D eigenvalue weighted by Gasteiger charge is -2.13. The molecule has 0 aliphatic rings. The lowest BCUT2D eigenvalue weighted by molar-refractivity contribution is 1.01. The molecular formula is C50H30N4S. The summed E-state index contributed by atoms with van der Waals surface area (Å²) in [7, 11) is 0. The van der Waals surface area contributed by atoms with Gasteiger partial charge in [0.15, 0.2) is 0 Å². The Kier molecular flexibility index (Phi) is 6.47. The zero-order chi connectivity index (χ0) is 36.0. The Bertz CT molecular complexity index is 3440. The molecule has 0 saturated heterocycles. The van der Waals surface area contributed by atoms with Crippen LogP contribution in [-0.4, -0.2) is 19.1 Å². The van der Waals surface area contributed by atoms with Gasteiger partial charge in [0.1, 0.15) is 0 Å². The van der Waals surface area contributed by atoms with Crippen LogP contribution in [-0.2, 0) is 0 Å². The van der Waals surface area contributed by atoms with Gasteiger partial charge in [0, 0.05) is 58.4 Å². The van der Waals surface area contributed by atoms with E-state index in [2.05, 4.69) is 191 Å². The quantitative estimate of drug-likeness (QED) is 0.182. The van der Waals surface area contributed by atoms with E-state index < -0.39 is 0 Å². The monoisotopic (exact) mass is 718 g/mol. The van der Waals surface area contributed by atoms with Gasteiger partial charge in [0.05, 0.1) is 33.3 Å². The van der Waals surface area contributed by atoms with Crippen LogP contribution in [0.2, 0.25) is 0 Å². The van der Waals surface area contributed by atoms with E-state index in [4.69, 9.17) is 9.97 Å². The van der Waals surface area contributed by atoms with Crippen LogP contribution in [0.5, 0.6) is 0 Å². The minimum Gasteiger partial charge on any atom is -0.309 e. The standard InChI is InChI=1S/C50H30N4S/c1-2-12-31(13-3-1)49-39-25-22-33(32-23-27-48-41(28-32)38-17-7-11-21-47(38)55-48)29-42(39)51-50(52-49)54-45-20-10-6-16-37(45)40-30-34(24-26-46(40)54)53-43-18-8-4-14-35(43)36-15-5-9-19-44(36)53/h1-30H. The fourth-order valence-electron chi connectivity index (χ4n) is 8.63. The average Bonchev–Trinajstić information content (AvgIpc) is 3.90. The third-order valence-electron chi connectivity index (χ3n) is 11.1. The van der Waals surface area contributed by atoms with Gasteiger partial charge >= 0.3 is 0 Å². The van der Waals surface area contributed by atoms with Crippen molar-refractivity contribution in [3.05, 3.63) is 182 Å². The molecule has 0 radical (unpaired) electrons. The lowest BCUT2D eigenvalue weighted by Crippen LogP contribution is -2.03. The van der Waals surface area contributed by atoms with Gasteiger partial charge in [0.2, 0.25) is 5.95 Å². The fourth-order valence-corrected chi connectivity index (χ4v) is 9.72. The summed E-state index contributed by atoms with van der Waals surface area (Å²) in [4.78, 5) is 10.8. The molecule has 0 unspecified atom stereocenters. The predicted octanol–water partition coefficient (Wildman–Crippen LogP) is 13.5. The molecule has 8 aromatic carbocycles. The summed E-state index contributed by atoms with van der Waals surface area (Å²) >= 11 is 1.85. The molecule has 0 N–H and O–H groups in total. The fraction of sp³-hybridized carbons (Fsp3) is 0. The molecule has 4 heterocycles. The number of nitrogens with zero attached hydrogens (tertiary/aromatic N) is 4. The van der Waals surface area contributed by atoms with Crippen molar-refractivity contribution in [1.29, 1.82) is 0 Å². The number of rotatable bonds is 4. The van der Waals surface area contributed by atoms with Crippen LogP contribution < -0.4 is 0 Å². The zero-order valence-corrected chi connectivity index (χ0v) is 30.3. The third-order valence-corrected chi connectivity index (χ3v) is 12.3. The van der Waals surface area contributed by atoms with E-state index in [9.17, 15) is 0 Å². The van der Waals surface area contributed by atoms with E-state index in [-0.39, 0.29) is 0 Å². The second-order valence-electron chi connectivity index (χ2n) is 14.2. The molecule has 0 aliphatic heterocycles. The number of hydrogen-bond acceptors (Lipinski definition) is 3. The number of fused-ring (bicyclic) bond motifs is 10. The number of thiophene rings is 1. The summed E-state index contributed by atoms with van der Waals surface area (Å²) in [6.07, 6.45) is 0. The largest absolute Gasteiger partial charge is 0.309 e. The molecule has 0 spiro atoms. The second-order valence-corrected chi connectivity index (χ2v) is 15.3. The molecule has 0 aliphatic carbocycles. The van der Waals surface area contributed by atoms with Gasteiger partial charge < -0.3 is 4.57 Å². The predicted molar refractivity (Wildman–Crippen MR) is 232 cm³/mol. The van der Waals surface area contributed by atoms with E-state index >= 15 is 0 Å². The van der Waals surface area contributed by atoms with Gasteiger partial charge in [-0.25, -0.2) is 9.97 Å². The summed E-state index contributed by atoms with van der Waals surface area (Å²) in [5, 5.41) is 8.43. The zero-order valence-electron chi connectivity index (χ0n) is 29.5. The van der Waals surface area contributed by atoms with Gasteiger partial charge in [-0.1, -0.05) is 115 Å². The van der Waals surface area contributed by atoms with Crippen molar-refractivity contribution in [2.24, 2.45) is 0 Å². The van der Waals surface area contributed by atoms with Crippen LogP contribution in [0.15, 0.2) is 182 Å². The van der Waals surface area contributed by atoms with Gasteiger partial charge in [-0.3, -0.25) is 4.57 Å². The first-order valence-corrected chi connectivity index (χ1v) is 19.4. The smallest absolute Gasteiger partial charge is 0.235 e. The molecule has 0 saturated carbocycles. The molecule has 0 fully saturated rings. The van der Waals surface area contributed by atoms with Crippen molar-refractivity contribution in [3.8, 4) is 34.0 Å². The molecule has 256 valence electrons. The summed E-state index contributed by atoms with van der Waals surface area (Å²) in [5.41, 5.74) is 10.8. The van der Waals surface area contributed by atoms with Gasteiger partial charge in [-0.2, -0.15) is 0 Å². The van der Waals surface area contributed by atoms with Crippen molar-refractivity contribution in [2.45, 2.75) is 0 Å². The highest BCUT2D eigenvalue weighted by Gasteiger charge is 2.20. The van der Waals surface area contributed by atoms with Crippen LogP contribution in [0.4, 0.5) is 0 Å². The minimum atomic E-state index is 0.651. The lowest BCUT2D eigenvalue weighted by atomic mass is 9.99. The third kappa shape index (κ3) is 4.57. The van der Waals surface area contributed by atoms with Crippen LogP contribution in [0.3, 0.4) is 0 Å². The normalized spacial score (nSPS) is 12.0. The SMILES string of the molecule is c1ccc(-c2nc(-n3c4ccccc4c4cc(-n5c6ccccc6c6ccccc65)ccc43)nc3cc(-c4ccc5sc6ccccc6c5c4)ccc23)cc1. The van der Waals surface area contributed by atoms with Crippen LogP contribution in [0.25, 0.3) is 109 Å². The van der Waals surface area contributed by atoms with Crippen LogP contribution >= 0.6 is 11.3 Å². The molecule has 12 rings (SSSR count). The van der Waals surface area contributed by atoms with Crippen molar-refractivity contribution < 1.29 is 0 Å². The maximum absolute atomic E-state index is 5.40. The summed E-state index contributed by atoms with van der Waals surface area (Å²) in [6.45, 7) is 0. The van der Waals surface area contributed by atoms with Crippen molar-refractivity contribution >= 4 is 86.0 Å². The number of benzene rings is 8. The maximum atomic E-state index is 5.40. The Morgan fingerprint density at radius 3 is 1.69 bits per heavy atom. The van der Waals surface area contributed by atoms with E-state index in [0.29, 0.717) is 5.95 Å². The molecular weight excluding hydrogens is 689 g/mol. The number of para-hydroxylation sites is 3. The Morgan fingerprint density at radius 2 is 0.927 bits per heavy atom. The molecule has 5 heteroatoms. The maximum Gasteiger partial charge on any atom is 0.235 e. The molecule has 4 nitrogen and oxygen atoms in total. The van der Waals surface area contributed by atoms with E-state index in [1.54, 1.807) is 0 Å². The Balaban J connectivity index is 1.09. The highest BCUT2D eigenvalue weighted by molar-refractivity contribution is 7.25. The Labute approximate surface area is 319 Å². The molecule has 0 amide bonds. The Hall–Kier alpha value is -7.08. The molecule has 12 aromatic rings. The van der Waals surface area contributed by atoms with Crippen LogP contribution in [0, 0.1) is 0 Å². The first-order valence-electron chi connectivity index (χ1n) is 18.6. The van der Waals surface area contributed by atoms with E-state index in [0.717, 1.165) is 55.2 Å².